The summed E-state index contributed by atoms with van der Waals surface area (Å²) in [7, 11) is 1.60. The third-order valence-electron chi connectivity index (χ3n) is 3.96. The van der Waals surface area contributed by atoms with Crippen molar-refractivity contribution in [1.82, 2.24) is 0 Å². The van der Waals surface area contributed by atoms with Crippen LogP contribution in [0.3, 0.4) is 0 Å². The van der Waals surface area contributed by atoms with Gasteiger partial charge in [-0.15, -0.1) is 0 Å². The van der Waals surface area contributed by atoms with Gasteiger partial charge in [0.05, 0.1) is 12.1 Å². The zero-order chi connectivity index (χ0) is 19.2. The number of anilines is 1. The van der Waals surface area contributed by atoms with Crippen LogP contribution in [0, 0.1) is 0 Å². The predicted octanol–water partition coefficient (Wildman–Crippen LogP) is 6.96. The topological polar surface area (TPSA) is 30.5 Å². The van der Waals surface area contributed by atoms with Gasteiger partial charge in [0.15, 0.2) is 0 Å². The van der Waals surface area contributed by atoms with E-state index in [1.165, 1.54) is 0 Å². The summed E-state index contributed by atoms with van der Waals surface area (Å²) in [6.07, 6.45) is 0. The Hall–Kier alpha value is -1.88. The van der Waals surface area contributed by atoms with Crippen molar-refractivity contribution < 1.29 is 9.47 Å². The van der Waals surface area contributed by atoms with Crippen molar-refractivity contribution in [3.63, 3.8) is 0 Å². The second kappa shape index (κ2) is 9.36. The van der Waals surface area contributed by atoms with Crippen LogP contribution in [0.1, 0.15) is 11.1 Å². The maximum absolute atomic E-state index is 6.19. The van der Waals surface area contributed by atoms with Gasteiger partial charge >= 0.3 is 0 Å². The first-order valence-corrected chi connectivity index (χ1v) is 9.83. The highest BCUT2D eigenvalue weighted by Gasteiger charge is 2.07. The first kappa shape index (κ1) is 19.9. The molecule has 0 atom stereocenters. The zero-order valence-corrected chi connectivity index (χ0v) is 17.7. The maximum Gasteiger partial charge on any atom is 0.137 e. The molecule has 3 aromatic carbocycles. The van der Waals surface area contributed by atoms with Crippen LogP contribution in [0.2, 0.25) is 10.0 Å². The quantitative estimate of drug-likeness (QED) is 0.408. The van der Waals surface area contributed by atoms with Crippen LogP contribution in [0.25, 0.3) is 0 Å². The van der Waals surface area contributed by atoms with E-state index in [1.807, 2.05) is 60.7 Å². The second-order valence-corrected chi connectivity index (χ2v) is 7.63. The Bertz CT molecular complexity index is 917. The molecule has 0 saturated heterocycles. The molecule has 0 fully saturated rings. The Morgan fingerprint density at radius 2 is 1.67 bits per heavy atom. The molecule has 3 nitrogen and oxygen atoms in total. The van der Waals surface area contributed by atoms with Crippen molar-refractivity contribution in [1.29, 1.82) is 0 Å². The smallest absolute Gasteiger partial charge is 0.137 e. The van der Waals surface area contributed by atoms with E-state index in [2.05, 4.69) is 21.2 Å². The van der Waals surface area contributed by atoms with Crippen molar-refractivity contribution in [2.24, 2.45) is 0 Å². The van der Waals surface area contributed by atoms with Crippen LogP contribution in [-0.4, -0.2) is 7.11 Å². The Kier molecular flexibility index (Phi) is 6.89. The molecule has 6 heteroatoms. The summed E-state index contributed by atoms with van der Waals surface area (Å²) < 4.78 is 12.2. The number of methoxy groups -OCH3 is 1. The average Bonchev–Trinajstić information content (AvgIpc) is 2.67. The second-order valence-electron chi connectivity index (χ2n) is 5.87. The van der Waals surface area contributed by atoms with E-state index in [1.54, 1.807) is 7.11 Å². The number of hydrogen-bond acceptors (Lipinski definition) is 3. The van der Waals surface area contributed by atoms with Crippen LogP contribution >= 0.6 is 39.1 Å². The Labute approximate surface area is 177 Å². The van der Waals surface area contributed by atoms with Gasteiger partial charge in [-0.25, -0.2) is 0 Å². The van der Waals surface area contributed by atoms with Crippen LogP contribution in [-0.2, 0) is 13.2 Å². The number of halogens is 3. The maximum atomic E-state index is 6.19. The fourth-order valence-electron chi connectivity index (χ4n) is 2.54. The normalized spacial score (nSPS) is 10.5. The molecule has 0 bridgehead atoms. The van der Waals surface area contributed by atoms with Crippen LogP contribution in [0.5, 0.6) is 11.5 Å². The molecule has 27 heavy (non-hydrogen) atoms. The fourth-order valence-corrected chi connectivity index (χ4v) is 3.33. The van der Waals surface area contributed by atoms with Gasteiger partial charge in [0.2, 0.25) is 0 Å². The molecule has 0 aliphatic carbocycles. The first-order chi connectivity index (χ1) is 13.0. The monoisotopic (exact) mass is 465 g/mol. The van der Waals surface area contributed by atoms with Gasteiger partial charge in [-0.1, -0.05) is 51.3 Å². The molecule has 0 aliphatic rings. The summed E-state index contributed by atoms with van der Waals surface area (Å²) >= 11 is 15.6. The summed E-state index contributed by atoms with van der Waals surface area (Å²) in [4.78, 5) is 0. The highest BCUT2D eigenvalue weighted by atomic mass is 79.9. The van der Waals surface area contributed by atoms with Crippen LogP contribution in [0.4, 0.5) is 5.69 Å². The average molecular weight is 467 g/mol. The van der Waals surface area contributed by atoms with Crippen molar-refractivity contribution >= 4 is 44.8 Å². The number of hydrogen-bond donors (Lipinski definition) is 1. The first-order valence-electron chi connectivity index (χ1n) is 8.28. The molecule has 0 aliphatic heterocycles. The van der Waals surface area contributed by atoms with Gasteiger partial charge in [0, 0.05) is 27.3 Å². The Balaban J connectivity index is 1.70. The molecule has 0 aromatic heterocycles. The number of rotatable bonds is 7. The highest BCUT2D eigenvalue weighted by Crippen LogP contribution is 2.29. The molecule has 140 valence electrons. The molecule has 3 aromatic rings. The lowest BCUT2D eigenvalue weighted by Gasteiger charge is -2.14. The molecule has 0 radical (unpaired) electrons. The van der Waals surface area contributed by atoms with Gasteiger partial charge in [0.1, 0.15) is 18.1 Å². The third-order valence-corrected chi connectivity index (χ3v) is 5.01. The molecular weight excluding hydrogens is 449 g/mol. The molecule has 3 rings (SSSR count). The molecule has 0 saturated carbocycles. The number of ether oxygens (including phenoxy) is 2. The van der Waals surface area contributed by atoms with E-state index < -0.39 is 0 Å². The van der Waals surface area contributed by atoms with Crippen molar-refractivity contribution in [2.45, 2.75) is 13.2 Å². The number of nitrogens with one attached hydrogen (secondary N) is 1. The standard InChI is InChI=1S/C21H18BrCl2NO2/c1-26-21-9-7-18(11-19(21)24)25-12-15-10-16(22)4-8-20(15)27-13-14-2-5-17(23)6-3-14/h2-11,25H,12-13H2,1H3. The molecule has 0 heterocycles. The Morgan fingerprint density at radius 3 is 2.37 bits per heavy atom. The fraction of sp³-hybridized carbons (Fsp3) is 0.143. The lowest BCUT2D eigenvalue weighted by molar-refractivity contribution is 0.303. The zero-order valence-electron chi connectivity index (χ0n) is 14.6. The Morgan fingerprint density at radius 1 is 0.926 bits per heavy atom. The molecule has 0 spiro atoms. The molecule has 1 N–H and O–H groups in total. The van der Waals surface area contributed by atoms with Gasteiger partial charge in [-0.3, -0.25) is 0 Å². The lowest BCUT2D eigenvalue weighted by atomic mass is 10.2. The van der Waals surface area contributed by atoms with E-state index in [4.69, 9.17) is 32.7 Å². The minimum Gasteiger partial charge on any atom is -0.495 e. The van der Waals surface area contributed by atoms with Gasteiger partial charge in [-0.05, 0) is 54.1 Å². The minimum absolute atomic E-state index is 0.472. The van der Waals surface area contributed by atoms with Crippen molar-refractivity contribution in [3.8, 4) is 11.5 Å². The summed E-state index contributed by atoms with van der Waals surface area (Å²) in [6.45, 7) is 1.07. The lowest BCUT2D eigenvalue weighted by Crippen LogP contribution is -2.04. The highest BCUT2D eigenvalue weighted by molar-refractivity contribution is 9.10. The van der Waals surface area contributed by atoms with Gasteiger partial charge in [0.25, 0.3) is 0 Å². The van der Waals surface area contributed by atoms with E-state index in [0.29, 0.717) is 28.9 Å². The predicted molar refractivity (Wildman–Crippen MR) is 115 cm³/mol. The van der Waals surface area contributed by atoms with Crippen LogP contribution in [0.15, 0.2) is 65.1 Å². The van der Waals surface area contributed by atoms with Gasteiger partial charge in [-0.2, -0.15) is 0 Å². The van der Waals surface area contributed by atoms with E-state index >= 15 is 0 Å². The summed E-state index contributed by atoms with van der Waals surface area (Å²) in [5, 5.41) is 4.65. The van der Waals surface area contributed by atoms with Crippen molar-refractivity contribution in [3.05, 3.63) is 86.3 Å². The van der Waals surface area contributed by atoms with Crippen LogP contribution < -0.4 is 14.8 Å². The minimum atomic E-state index is 0.472. The SMILES string of the molecule is COc1ccc(NCc2cc(Br)ccc2OCc2ccc(Cl)cc2)cc1Cl. The summed E-state index contributed by atoms with van der Waals surface area (Å²) in [5.41, 5.74) is 3.00. The van der Waals surface area contributed by atoms with Crippen molar-refractivity contribution in [2.75, 3.05) is 12.4 Å². The van der Waals surface area contributed by atoms with E-state index in [0.717, 1.165) is 27.0 Å². The van der Waals surface area contributed by atoms with Gasteiger partial charge < -0.3 is 14.8 Å². The summed E-state index contributed by atoms with van der Waals surface area (Å²) in [5.74, 6) is 1.47. The number of benzene rings is 3. The largest absolute Gasteiger partial charge is 0.495 e. The molecule has 0 unspecified atom stereocenters. The molecular formula is C21H18BrCl2NO2. The summed E-state index contributed by atoms with van der Waals surface area (Å²) in [6, 6.07) is 19.2. The third kappa shape index (κ3) is 5.55. The van der Waals surface area contributed by atoms with E-state index in [9.17, 15) is 0 Å². The van der Waals surface area contributed by atoms with E-state index in [-0.39, 0.29) is 0 Å². The molecule has 0 amide bonds.